The predicted molar refractivity (Wildman–Crippen MR) is 185 cm³/mol. The van der Waals surface area contributed by atoms with Gasteiger partial charge in [-0.25, -0.2) is 4.79 Å². The first-order chi connectivity index (χ1) is 23.3. The van der Waals surface area contributed by atoms with Crippen molar-refractivity contribution < 1.29 is 48.0 Å². The van der Waals surface area contributed by atoms with Crippen LogP contribution >= 0.6 is 0 Å². The number of rotatable bonds is 7. The Hall–Kier alpha value is -2.16. The summed E-state index contributed by atoms with van der Waals surface area (Å²) in [6.07, 6.45) is -1.90. The van der Waals surface area contributed by atoms with Crippen molar-refractivity contribution in [3.63, 3.8) is 0 Å². The van der Waals surface area contributed by atoms with Crippen LogP contribution in [0.5, 0.6) is 0 Å². The first-order valence-electron chi connectivity index (χ1n) is 18.5. The number of cyclic esters (lactones) is 1. The molecule has 0 unspecified atom stereocenters. The Morgan fingerprint density at radius 1 is 1.02 bits per heavy atom. The van der Waals surface area contributed by atoms with Crippen molar-refractivity contribution >= 4 is 23.6 Å². The number of fused-ring (bicyclic) bond motifs is 1. The Bertz CT molecular complexity index is 1250. The van der Waals surface area contributed by atoms with Crippen molar-refractivity contribution in [3.05, 3.63) is 0 Å². The molecule has 286 valence electrons. The van der Waals surface area contributed by atoms with E-state index in [0.717, 1.165) is 19.4 Å². The van der Waals surface area contributed by atoms with Gasteiger partial charge in [-0.1, -0.05) is 27.7 Å². The number of Topliss-reactive ketones (excluding diaryl/α,β-unsaturated/α-hetero) is 2. The van der Waals surface area contributed by atoms with Gasteiger partial charge in [0.15, 0.2) is 17.7 Å². The minimum absolute atomic E-state index is 0.0985. The first kappa shape index (κ1) is 40.6. The highest BCUT2D eigenvalue weighted by Gasteiger charge is 2.61. The quantitative estimate of drug-likeness (QED) is 0.306. The molecule has 4 aliphatic heterocycles. The standard InChI is InChI=1S/C37H63N3O10/c1-13-27-37(8)31(40(35(45)50-37)19-25-15-14-16-39(25)11)22(4)28(41)20(2)18-36(7,46-12)32(23(5)29(42)24(6)33(44)48-27)49-34-30(43)26(38(9)10)17-21(3)47-34/h20-27,30-32,34,43H,13-19H2,1-12H3/t20-,21-,22+,23+,24-,25+,26+,27-,30-,31-,32-,34+,36-,37-/m1/s1. The fourth-order valence-electron chi connectivity index (χ4n) is 9.10. The lowest BCUT2D eigenvalue weighted by Gasteiger charge is -2.47. The molecule has 13 nitrogen and oxygen atoms in total. The monoisotopic (exact) mass is 709 g/mol. The van der Waals surface area contributed by atoms with Crippen molar-refractivity contribution in [2.75, 3.05) is 41.3 Å². The highest BCUT2D eigenvalue weighted by atomic mass is 16.7. The molecule has 4 rings (SSSR count). The molecule has 0 aromatic rings. The number of aliphatic hydroxyl groups excluding tert-OH is 1. The fourth-order valence-corrected chi connectivity index (χ4v) is 9.10. The average Bonchev–Trinajstić information content (AvgIpc) is 3.59. The van der Waals surface area contributed by atoms with E-state index in [1.807, 2.05) is 53.7 Å². The molecule has 1 amide bonds. The topological polar surface area (TPSA) is 144 Å². The summed E-state index contributed by atoms with van der Waals surface area (Å²) in [5.41, 5.74) is -2.59. The van der Waals surface area contributed by atoms with Gasteiger partial charge >= 0.3 is 12.1 Å². The maximum atomic E-state index is 14.6. The summed E-state index contributed by atoms with van der Waals surface area (Å²) in [5.74, 6) is -4.75. The number of carbonyl (C=O) groups is 4. The summed E-state index contributed by atoms with van der Waals surface area (Å²) >= 11 is 0. The zero-order valence-electron chi connectivity index (χ0n) is 32.3. The van der Waals surface area contributed by atoms with E-state index in [1.165, 1.54) is 14.0 Å². The third-order valence-electron chi connectivity index (χ3n) is 12.2. The van der Waals surface area contributed by atoms with Gasteiger partial charge in [-0.15, -0.1) is 0 Å². The predicted octanol–water partition coefficient (Wildman–Crippen LogP) is 3.28. The van der Waals surface area contributed by atoms with Crippen LogP contribution in [0.25, 0.3) is 0 Å². The summed E-state index contributed by atoms with van der Waals surface area (Å²) in [6.45, 7) is 15.4. The van der Waals surface area contributed by atoms with Crippen LogP contribution in [0.2, 0.25) is 0 Å². The zero-order chi connectivity index (χ0) is 37.5. The summed E-state index contributed by atoms with van der Waals surface area (Å²) in [5, 5.41) is 11.4. The van der Waals surface area contributed by atoms with Crippen LogP contribution in [0.1, 0.15) is 87.5 Å². The Labute approximate surface area is 298 Å². The van der Waals surface area contributed by atoms with E-state index in [9.17, 15) is 24.3 Å². The van der Waals surface area contributed by atoms with E-state index in [-0.39, 0.29) is 30.4 Å². The van der Waals surface area contributed by atoms with E-state index in [2.05, 4.69) is 4.90 Å². The van der Waals surface area contributed by atoms with Crippen LogP contribution in [0.3, 0.4) is 0 Å². The van der Waals surface area contributed by atoms with Crippen LogP contribution in [0.15, 0.2) is 0 Å². The molecule has 0 spiro atoms. The molecule has 0 aromatic heterocycles. The zero-order valence-corrected chi connectivity index (χ0v) is 32.3. The Morgan fingerprint density at radius 2 is 1.68 bits per heavy atom. The molecular formula is C37H63N3O10. The number of hydrogen-bond donors (Lipinski definition) is 1. The van der Waals surface area contributed by atoms with Gasteiger partial charge in [0.25, 0.3) is 0 Å². The van der Waals surface area contributed by atoms with Gasteiger partial charge in [0.2, 0.25) is 0 Å². The lowest BCUT2D eigenvalue weighted by atomic mass is 9.73. The van der Waals surface area contributed by atoms with Crippen LogP contribution in [-0.2, 0) is 38.1 Å². The number of amides is 1. The number of aliphatic hydroxyl groups is 1. The molecule has 4 fully saturated rings. The van der Waals surface area contributed by atoms with Gasteiger partial charge in [0, 0.05) is 43.5 Å². The average molecular weight is 710 g/mol. The molecule has 13 heteroatoms. The molecule has 1 N–H and O–H groups in total. The summed E-state index contributed by atoms with van der Waals surface area (Å²) in [7, 11) is 7.29. The molecule has 4 saturated heterocycles. The maximum absolute atomic E-state index is 14.6. The number of nitrogens with zero attached hydrogens (tertiary/aromatic N) is 3. The number of carbonyl (C=O) groups excluding carboxylic acids is 4. The number of methoxy groups -OCH3 is 1. The van der Waals surface area contributed by atoms with Gasteiger partial charge in [0.05, 0.1) is 23.9 Å². The van der Waals surface area contributed by atoms with Crippen molar-refractivity contribution in [1.82, 2.24) is 14.7 Å². The van der Waals surface area contributed by atoms with E-state index in [4.69, 9.17) is 23.7 Å². The lowest BCUT2D eigenvalue weighted by molar-refractivity contribution is -0.295. The second kappa shape index (κ2) is 15.8. The molecule has 0 bridgehead atoms. The minimum atomic E-state index is -1.35. The second-order valence-electron chi connectivity index (χ2n) is 16.1. The fraction of sp³-hybridized carbons (Fsp3) is 0.892. The SMILES string of the molecule is CC[C@H]1OC(=O)[C@H](C)C(=O)[C@H](C)[C@@H](O[C@@H]2O[C@H](C)C[C@H](N(C)C)[C@H]2O)[C@](C)(OC)C[C@@H](C)C(=O)[C@H](C)[C@H]2N(C[C@@H]3CCCN3C)C(=O)O[C@]12C. The molecule has 4 aliphatic rings. The number of ketones is 2. The second-order valence-corrected chi connectivity index (χ2v) is 16.1. The molecule has 4 heterocycles. The van der Waals surface area contributed by atoms with E-state index in [0.29, 0.717) is 19.4 Å². The Kier molecular flexibility index (Phi) is 12.9. The molecule has 0 aliphatic carbocycles. The number of likely N-dealkylation sites (N-methyl/N-ethyl adjacent to an activating group) is 2. The van der Waals surface area contributed by atoms with Crippen molar-refractivity contribution in [2.45, 2.75) is 148 Å². The van der Waals surface area contributed by atoms with Gasteiger partial charge in [-0.05, 0) is 87.5 Å². The third-order valence-corrected chi connectivity index (χ3v) is 12.2. The summed E-state index contributed by atoms with van der Waals surface area (Å²) in [6, 6.07) is -0.900. The van der Waals surface area contributed by atoms with Gasteiger partial charge < -0.3 is 38.6 Å². The molecule has 14 atom stereocenters. The van der Waals surface area contributed by atoms with Crippen LogP contribution < -0.4 is 0 Å². The van der Waals surface area contributed by atoms with Gasteiger partial charge in [0.1, 0.15) is 23.9 Å². The van der Waals surface area contributed by atoms with E-state index >= 15 is 0 Å². The van der Waals surface area contributed by atoms with Crippen molar-refractivity contribution in [2.24, 2.45) is 23.7 Å². The molecule has 0 saturated carbocycles. The summed E-state index contributed by atoms with van der Waals surface area (Å²) < 4.78 is 31.1. The molecule has 50 heavy (non-hydrogen) atoms. The number of likely N-dealkylation sites (tertiary alicyclic amines) is 1. The van der Waals surface area contributed by atoms with Gasteiger partial charge in [-0.3, -0.25) is 19.3 Å². The highest BCUT2D eigenvalue weighted by molar-refractivity contribution is 6.00. The summed E-state index contributed by atoms with van der Waals surface area (Å²) in [4.78, 5) is 62.2. The molecule has 0 radical (unpaired) electrons. The van der Waals surface area contributed by atoms with E-state index in [1.54, 1.807) is 25.7 Å². The third kappa shape index (κ3) is 7.78. The normalized spacial score (nSPS) is 44.2. The maximum Gasteiger partial charge on any atom is 0.410 e. The molecule has 0 aromatic carbocycles. The smallest absolute Gasteiger partial charge is 0.410 e. The van der Waals surface area contributed by atoms with Crippen LogP contribution in [0, 0.1) is 23.7 Å². The van der Waals surface area contributed by atoms with Crippen molar-refractivity contribution in [1.29, 1.82) is 0 Å². The minimum Gasteiger partial charge on any atom is -0.458 e. The number of hydrogen-bond acceptors (Lipinski definition) is 12. The number of esters is 1. The lowest BCUT2D eigenvalue weighted by Crippen LogP contribution is -2.60. The number of ether oxygens (including phenoxy) is 5. The largest absolute Gasteiger partial charge is 0.458 e. The van der Waals surface area contributed by atoms with Gasteiger partial charge in [-0.2, -0.15) is 0 Å². The Morgan fingerprint density at radius 3 is 2.24 bits per heavy atom. The highest BCUT2D eigenvalue weighted by Crippen LogP contribution is 2.43. The van der Waals surface area contributed by atoms with E-state index < -0.39 is 83.4 Å². The van der Waals surface area contributed by atoms with Crippen molar-refractivity contribution in [3.8, 4) is 0 Å². The first-order valence-corrected chi connectivity index (χ1v) is 18.5. The van der Waals surface area contributed by atoms with Crippen LogP contribution in [-0.4, -0.2) is 145 Å². The Balaban J connectivity index is 1.78. The van der Waals surface area contributed by atoms with Crippen LogP contribution in [0.4, 0.5) is 4.79 Å². The molecular weight excluding hydrogens is 646 g/mol.